The molecule has 0 saturated carbocycles. The van der Waals surface area contributed by atoms with Gasteiger partial charge in [-0.3, -0.25) is 4.79 Å². The molecule has 0 aliphatic rings. The highest BCUT2D eigenvalue weighted by Crippen LogP contribution is 1.97. The van der Waals surface area contributed by atoms with Crippen LogP contribution in [0.5, 0.6) is 0 Å². The summed E-state index contributed by atoms with van der Waals surface area (Å²) in [5.41, 5.74) is 0. The van der Waals surface area contributed by atoms with Crippen LogP contribution in [-0.2, 0) is 14.3 Å². The van der Waals surface area contributed by atoms with Gasteiger partial charge in [0.1, 0.15) is 6.61 Å². The van der Waals surface area contributed by atoms with E-state index >= 15 is 0 Å². The molecule has 0 aromatic carbocycles. The predicted molar refractivity (Wildman–Crippen MR) is 37.4 cm³/mol. The summed E-state index contributed by atoms with van der Waals surface area (Å²) in [5, 5.41) is 0. The standard InChI is InChI=1S/C7H13O3/c1-6(2)7(8)10-5-4-9-3/h4-5H2,1-3H3. The summed E-state index contributed by atoms with van der Waals surface area (Å²) < 4.78 is 9.43. The molecule has 0 unspecified atom stereocenters. The van der Waals surface area contributed by atoms with E-state index < -0.39 is 0 Å². The molecular weight excluding hydrogens is 132 g/mol. The van der Waals surface area contributed by atoms with Crippen LogP contribution in [-0.4, -0.2) is 26.3 Å². The average Bonchev–Trinajstić information content (AvgIpc) is 1.88. The Bertz CT molecular complexity index is 99.0. The molecule has 3 nitrogen and oxygen atoms in total. The number of rotatable bonds is 4. The monoisotopic (exact) mass is 145 g/mol. The number of carbonyl (C=O) groups excluding carboxylic acids is 1. The summed E-state index contributed by atoms with van der Waals surface area (Å²) >= 11 is 0. The third kappa shape index (κ3) is 4.32. The number of hydrogen-bond acceptors (Lipinski definition) is 3. The highest BCUT2D eigenvalue weighted by atomic mass is 16.6. The summed E-state index contributed by atoms with van der Waals surface area (Å²) in [4.78, 5) is 10.7. The van der Waals surface area contributed by atoms with Gasteiger partial charge in [0.05, 0.1) is 12.5 Å². The number of methoxy groups -OCH3 is 1. The molecule has 0 aromatic rings. The largest absolute Gasteiger partial charge is 0.463 e. The summed E-state index contributed by atoms with van der Waals surface area (Å²) in [6, 6.07) is 0. The number of ether oxygens (including phenoxy) is 2. The third-order valence-electron chi connectivity index (χ3n) is 0.929. The molecule has 0 rings (SSSR count). The molecule has 10 heavy (non-hydrogen) atoms. The second-order valence-electron chi connectivity index (χ2n) is 2.13. The van der Waals surface area contributed by atoms with Gasteiger partial charge < -0.3 is 9.47 Å². The SMILES string of the molecule is COCCOC(=O)[C](C)C. The van der Waals surface area contributed by atoms with Crippen LogP contribution in [0.1, 0.15) is 13.8 Å². The van der Waals surface area contributed by atoms with Crippen LogP contribution in [0.25, 0.3) is 0 Å². The predicted octanol–water partition coefficient (Wildman–Crippen LogP) is 0.790. The van der Waals surface area contributed by atoms with E-state index in [1.807, 2.05) is 0 Å². The summed E-state index contributed by atoms with van der Waals surface area (Å²) in [5.74, 6) is 0.410. The van der Waals surface area contributed by atoms with E-state index in [2.05, 4.69) is 4.74 Å². The Hall–Kier alpha value is -0.570. The van der Waals surface area contributed by atoms with Crippen molar-refractivity contribution < 1.29 is 14.3 Å². The van der Waals surface area contributed by atoms with Crippen LogP contribution < -0.4 is 0 Å². The number of esters is 1. The summed E-state index contributed by atoms with van der Waals surface area (Å²) in [6.45, 7) is 4.23. The number of hydrogen-bond donors (Lipinski definition) is 0. The van der Waals surface area contributed by atoms with Crippen molar-refractivity contribution in [2.24, 2.45) is 0 Å². The lowest BCUT2D eigenvalue weighted by Gasteiger charge is -2.04. The molecule has 0 saturated heterocycles. The first-order valence-corrected chi connectivity index (χ1v) is 3.14. The van der Waals surface area contributed by atoms with Gasteiger partial charge in [-0.1, -0.05) is 0 Å². The zero-order valence-electron chi connectivity index (χ0n) is 6.64. The van der Waals surface area contributed by atoms with Crippen LogP contribution in [0.3, 0.4) is 0 Å². The fourth-order valence-corrected chi connectivity index (χ4v) is 0.362. The highest BCUT2D eigenvalue weighted by molar-refractivity contribution is 5.83. The van der Waals surface area contributed by atoms with E-state index in [9.17, 15) is 4.79 Å². The quantitative estimate of drug-likeness (QED) is 0.433. The van der Waals surface area contributed by atoms with Gasteiger partial charge in [0, 0.05) is 7.11 Å². The van der Waals surface area contributed by atoms with Crippen molar-refractivity contribution in [3.8, 4) is 0 Å². The highest BCUT2D eigenvalue weighted by Gasteiger charge is 2.07. The molecule has 0 aliphatic heterocycles. The van der Waals surface area contributed by atoms with Crippen molar-refractivity contribution in [3.05, 3.63) is 5.92 Å². The molecular formula is C7H13O3. The first-order chi connectivity index (χ1) is 4.68. The van der Waals surface area contributed by atoms with E-state index in [0.717, 1.165) is 0 Å². The maximum Gasteiger partial charge on any atom is 0.312 e. The van der Waals surface area contributed by atoms with Crippen molar-refractivity contribution in [2.75, 3.05) is 20.3 Å². The Labute approximate surface area is 61.3 Å². The van der Waals surface area contributed by atoms with Crippen LogP contribution >= 0.6 is 0 Å². The molecule has 0 N–H and O–H groups in total. The van der Waals surface area contributed by atoms with E-state index in [4.69, 9.17) is 4.74 Å². The van der Waals surface area contributed by atoms with Crippen molar-refractivity contribution in [1.29, 1.82) is 0 Å². The normalized spacial score (nSPS) is 10.0. The van der Waals surface area contributed by atoms with Gasteiger partial charge in [0.15, 0.2) is 0 Å². The number of carbonyl (C=O) groups is 1. The lowest BCUT2D eigenvalue weighted by atomic mass is 10.2. The molecule has 0 amide bonds. The van der Waals surface area contributed by atoms with Gasteiger partial charge in [-0.2, -0.15) is 0 Å². The molecule has 59 valence electrons. The lowest BCUT2D eigenvalue weighted by molar-refractivity contribution is -0.142. The fraction of sp³-hybridized carbons (Fsp3) is 0.714. The Morgan fingerprint density at radius 3 is 2.30 bits per heavy atom. The van der Waals surface area contributed by atoms with Crippen molar-refractivity contribution in [3.63, 3.8) is 0 Å². The first-order valence-electron chi connectivity index (χ1n) is 3.14. The molecule has 1 radical (unpaired) electrons. The van der Waals surface area contributed by atoms with Crippen LogP contribution in [0, 0.1) is 5.92 Å². The van der Waals surface area contributed by atoms with Crippen LogP contribution in [0.4, 0.5) is 0 Å². The van der Waals surface area contributed by atoms with Crippen LogP contribution in [0.2, 0.25) is 0 Å². The lowest BCUT2D eigenvalue weighted by Crippen LogP contribution is -2.13. The smallest absolute Gasteiger partial charge is 0.312 e. The first kappa shape index (κ1) is 9.43. The average molecular weight is 145 g/mol. The minimum atomic E-state index is -0.253. The van der Waals surface area contributed by atoms with E-state index in [-0.39, 0.29) is 5.97 Å². The Kier molecular flexibility index (Phi) is 4.94. The minimum absolute atomic E-state index is 0.253. The second kappa shape index (κ2) is 5.23. The molecule has 3 heteroatoms. The van der Waals surface area contributed by atoms with Crippen LogP contribution in [0.15, 0.2) is 0 Å². The van der Waals surface area contributed by atoms with Gasteiger partial charge >= 0.3 is 5.97 Å². The molecule has 0 aromatic heterocycles. The summed E-state index contributed by atoms with van der Waals surface area (Å²) in [7, 11) is 1.57. The van der Waals surface area contributed by atoms with E-state index in [1.165, 1.54) is 0 Å². The molecule has 0 heterocycles. The van der Waals surface area contributed by atoms with Crippen molar-refractivity contribution in [1.82, 2.24) is 0 Å². The Balaban J connectivity index is 3.22. The van der Waals surface area contributed by atoms with Crippen molar-refractivity contribution >= 4 is 5.97 Å². The minimum Gasteiger partial charge on any atom is -0.463 e. The Morgan fingerprint density at radius 2 is 1.90 bits per heavy atom. The Morgan fingerprint density at radius 1 is 1.30 bits per heavy atom. The molecule has 0 aliphatic carbocycles. The molecule has 0 spiro atoms. The van der Waals surface area contributed by atoms with E-state index in [1.54, 1.807) is 21.0 Å². The topological polar surface area (TPSA) is 35.5 Å². The third-order valence-corrected chi connectivity index (χ3v) is 0.929. The second-order valence-corrected chi connectivity index (χ2v) is 2.13. The molecule has 0 atom stereocenters. The van der Waals surface area contributed by atoms with Crippen molar-refractivity contribution in [2.45, 2.75) is 13.8 Å². The zero-order valence-corrected chi connectivity index (χ0v) is 6.64. The fourth-order valence-electron chi connectivity index (χ4n) is 0.362. The molecule has 0 bridgehead atoms. The summed E-state index contributed by atoms with van der Waals surface area (Å²) in [6.07, 6.45) is 0. The van der Waals surface area contributed by atoms with Gasteiger partial charge in [-0.15, -0.1) is 0 Å². The van der Waals surface area contributed by atoms with Gasteiger partial charge in [-0.05, 0) is 13.8 Å². The maximum atomic E-state index is 10.7. The van der Waals surface area contributed by atoms with E-state index in [0.29, 0.717) is 19.1 Å². The van der Waals surface area contributed by atoms with Gasteiger partial charge in [0.2, 0.25) is 0 Å². The zero-order chi connectivity index (χ0) is 7.98. The molecule has 0 fully saturated rings. The van der Waals surface area contributed by atoms with Gasteiger partial charge in [0.25, 0.3) is 0 Å². The van der Waals surface area contributed by atoms with Gasteiger partial charge in [-0.25, -0.2) is 0 Å². The maximum absolute atomic E-state index is 10.7.